The fourth-order valence-corrected chi connectivity index (χ4v) is 7.69. The van der Waals surface area contributed by atoms with Gasteiger partial charge in [-0.2, -0.15) is 5.26 Å². The SMILES string of the molecule is C=C(C)CCOC(=O)C(C#N)=C1Sc2c(OC(=O)C3CCC(C)CC3)ccc(OC(=O)C3CCC(C)CC3)c2S1. The summed E-state index contributed by atoms with van der Waals surface area (Å²) in [5, 5.41) is 9.83. The number of carbonyl (C=O) groups excluding carboxylic acids is 3. The summed E-state index contributed by atoms with van der Waals surface area (Å²) in [6, 6.07) is 5.26. The van der Waals surface area contributed by atoms with Crippen LogP contribution in [-0.4, -0.2) is 24.5 Å². The van der Waals surface area contributed by atoms with Crippen molar-refractivity contribution in [1.29, 1.82) is 5.26 Å². The quantitative estimate of drug-likeness (QED) is 0.101. The van der Waals surface area contributed by atoms with Crippen LogP contribution in [0.3, 0.4) is 0 Å². The van der Waals surface area contributed by atoms with Gasteiger partial charge in [-0.05, 0) is 82.3 Å². The predicted molar refractivity (Wildman–Crippen MR) is 155 cm³/mol. The molecule has 0 radical (unpaired) electrons. The van der Waals surface area contributed by atoms with Crippen molar-refractivity contribution < 1.29 is 28.6 Å². The molecule has 0 aromatic heterocycles. The largest absolute Gasteiger partial charge is 0.461 e. The molecule has 1 aromatic carbocycles. The van der Waals surface area contributed by atoms with Gasteiger partial charge >= 0.3 is 17.9 Å². The van der Waals surface area contributed by atoms with Crippen molar-refractivity contribution in [2.45, 2.75) is 88.3 Å². The Labute approximate surface area is 245 Å². The van der Waals surface area contributed by atoms with E-state index < -0.39 is 5.97 Å². The highest BCUT2D eigenvalue weighted by atomic mass is 32.2. The zero-order valence-electron chi connectivity index (χ0n) is 23.5. The van der Waals surface area contributed by atoms with Gasteiger partial charge in [-0.1, -0.05) is 42.9 Å². The minimum absolute atomic E-state index is 0.126. The molecule has 2 fully saturated rings. The van der Waals surface area contributed by atoms with Gasteiger partial charge in [-0.3, -0.25) is 9.59 Å². The van der Waals surface area contributed by atoms with E-state index >= 15 is 0 Å². The number of hydrogen-bond acceptors (Lipinski definition) is 9. The van der Waals surface area contributed by atoms with E-state index in [1.807, 2.05) is 13.0 Å². The van der Waals surface area contributed by atoms with Gasteiger partial charge in [0.05, 0.1) is 32.5 Å². The number of benzene rings is 1. The van der Waals surface area contributed by atoms with E-state index in [4.69, 9.17) is 14.2 Å². The summed E-state index contributed by atoms with van der Waals surface area (Å²) >= 11 is 2.33. The lowest BCUT2D eigenvalue weighted by atomic mass is 9.83. The number of fused-ring (bicyclic) bond motifs is 1. The second kappa shape index (κ2) is 13.8. The lowest BCUT2D eigenvalue weighted by Gasteiger charge is -2.25. The second-order valence-corrected chi connectivity index (χ2v) is 13.6. The molecule has 0 spiro atoms. The molecule has 3 aliphatic rings. The van der Waals surface area contributed by atoms with Crippen LogP contribution in [0.1, 0.15) is 78.6 Å². The minimum atomic E-state index is -0.726. The van der Waals surface area contributed by atoms with Crippen molar-refractivity contribution in [3.05, 3.63) is 34.1 Å². The first-order valence-electron chi connectivity index (χ1n) is 14.1. The number of rotatable bonds is 8. The molecule has 2 aliphatic carbocycles. The maximum Gasteiger partial charge on any atom is 0.350 e. The van der Waals surface area contributed by atoms with Crippen molar-refractivity contribution in [2.75, 3.05) is 6.61 Å². The Morgan fingerprint density at radius 3 is 1.73 bits per heavy atom. The first-order chi connectivity index (χ1) is 19.2. The number of carbonyl (C=O) groups is 3. The summed E-state index contributed by atoms with van der Waals surface area (Å²) < 4.78 is 17.5. The third-order valence-electron chi connectivity index (χ3n) is 7.83. The summed E-state index contributed by atoms with van der Waals surface area (Å²) in [7, 11) is 0. The molecule has 7 nitrogen and oxygen atoms in total. The van der Waals surface area contributed by atoms with Gasteiger partial charge in [0.25, 0.3) is 0 Å². The average Bonchev–Trinajstić information content (AvgIpc) is 3.36. The van der Waals surface area contributed by atoms with E-state index in [2.05, 4.69) is 20.4 Å². The average molecular weight is 584 g/mol. The number of hydrogen-bond donors (Lipinski definition) is 0. The standard InChI is InChI=1S/C31H37NO6S2/c1-18(2)15-16-36-30(35)23(17-32)31-39-26-24(37-28(33)21-9-5-19(3)6-10-21)13-14-25(27(26)40-31)38-29(34)22-11-7-20(4)8-12-22/h13-14,19-22H,1,5-12,15-16H2,2-4H3. The molecule has 1 heterocycles. The smallest absolute Gasteiger partial charge is 0.350 e. The number of thioether (sulfide) groups is 2. The predicted octanol–water partition coefficient (Wildman–Crippen LogP) is 7.59. The van der Waals surface area contributed by atoms with Crippen molar-refractivity contribution >= 4 is 41.4 Å². The Balaban J connectivity index is 1.59. The van der Waals surface area contributed by atoms with Crippen LogP contribution in [0.25, 0.3) is 0 Å². The molecule has 0 saturated heterocycles. The lowest BCUT2D eigenvalue weighted by molar-refractivity contribution is -0.141. The van der Waals surface area contributed by atoms with Gasteiger partial charge in [-0.25, -0.2) is 4.79 Å². The monoisotopic (exact) mass is 583 g/mol. The molecular formula is C31H37NO6S2. The molecular weight excluding hydrogens is 546 g/mol. The Morgan fingerprint density at radius 1 is 0.875 bits per heavy atom. The van der Waals surface area contributed by atoms with Crippen LogP contribution in [0, 0.1) is 35.0 Å². The summed E-state index contributed by atoms with van der Waals surface area (Å²) in [5.41, 5.74) is 0.735. The number of nitriles is 1. The molecule has 0 amide bonds. The first-order valence-corrected chi connectivity index (χ1v) is 15.7. The maximum absolute atomic E-state index is 13.1. The zero-order chi connectivity index (χ0) is 28.8. The van der Waals surface area contributed by atoms with Gasteiger partial charge in [-0.15, -0.1) is 6.58 Å². The zero-order valence-corrected chi connectivity index (χ0v) is 25.1. The molecule has 0 atom stereocenters. The third-order valence-corrected chi connectivity index (χ3v) is 10.5. The molecule has 4 rings (SSSR count). The van der Waals surface area contributed by atoms with Crippen LogP contribution in [0.4, 0.5) is 0 Å². The summed E-state index contributed by atoms with van der Waals surface area (Å²) in [6.45, 7) is 10.2. The Bertz CT molecular complexity index is 1170. The second-order valence-electron chi connectivity index (χ2n) is 11.3. The van der Waals surface area contributed by atoms with Crippen LogP contribution < -0.4 is 9.47 Å². The molecule has 2 saturated carbocycles. The first kappa shape index (κ1) is 30.3. The van der Waals surface area contributed by atoms with E-state index in [0.717, 1.165) is 80.5 Å². The van der Waals surface area contributed by atoms with Crippen molar-refractivity contribution in [2.24, 2.45) is 23.7 Å². The van der Waals surface area contributed by atoms with Gasteiger partial charge < -0.3 is 14.2 Å². The number of ether oxygens (including phenoxy) is 3. The van der Waals surface area contributed by atoms with Crippen molar-refractivity contribution in [3.63, 3.8) is 0 Å². The van der Waals surface area contributed by atoms with Crippen LogP contribution >= 0.6 is 23.5 Å². The summed E-state index contributed by atoms with van der Waals surface area (Å²) in [4.78, 5) is 40.0. The maximum atomic E-state index is 13.1. The van der Waals surface area contributed by atoms with Crippen molar-refractivity contribution in [3.8, 4) is 17.6 Å². The summed E-state index contributed by atoms with van der Waals surface area (Å²) in [5.74, 6) is 0.278. The Kier molecular flexibility index (Phi) is 10.4. The van der Waals surface area contributed by atoms with Crippen LogP contribution in [0.2, 0.25) is 0 Å². The van der Waals surface area contributed by atoms with E-state index in [1.165, 1.54) is 0 Å². The lowest BCUT2D eigenvalue weighted by Crippen LogP contribution is -2.25. The molecule has 40 heavy (non-hydrogen) atoms. The molecule has 0 unspecified atom stereocenters. The van der Waals surface area contributed by atoms with Gasteiger partial charge in [0, 0.05) is 6.42 Å². The van der Waals surface area contributed by atoms with Crippen LogP contribution in [-0.2, 0) is 19.1 Å². The molecule has 1 aliphatic heterocycles. The fourth-order valence-electron chi connectivity index (χ4n) is 5.13. The molecule has 9 heteroatoms. The van der Waals surface area contributed by atoms with E-state index in [-0.39, 0.29) is 36.0 Å². The Hall–Kier alpha value is -2.70. The molecule has 0 bridgehead atoms. The minimum Gasteiger partial charge on any atom is -0.461 e. The van der Waals surface area contributed by atoms with E-state index in [1.54, 1.807) is 12.1 Å². The Morgan fingerprint density at radius 2 is 1.32 bits per heavy atom. The molecule has 214 valence electrons. The summed E-state index contributed by atoms with van der Waals surface area (Å²) in [6.07, 6.45) is 7.62. The molecule has 1 aromatic rings. The van der Waals surface area contributed by atoms with Crippen molar-refractivity contribution in [1.82, 2.24) is 0 Å². The fraction of sp³-hybridized carbons (Fsp3) is 0.548. The van der Waals surface area contributed by atoms with Gasteiger partial charge in [0.2, 0.25) is 0 Å². The highest BCUT2D eigenvalue weighted by molar-refractivity contribution is 8.24. The number of esters is 3. The number of nitrogens with zero attached hydrogens (tertiary/aromatic N) is 1. The highest BCUT2D eigenvalue weighted by Crippen LogP contribution is 2.59. The van der Waals surface area contributed by atoms with Crippen LogP contribution in [0.5, 0.6) is 11.5 Å². The normalized spacial score (nSPS) is 23.9. The topological polar surface area (TPSA) is 103 Å². The van der Waals surface area contributed by atoms with E-state index in [9.17, 15) is 19.6 Å². The van der Waals surface area contributed by atoms with Crippen LogP contribution in [0.15, 0.2) is 43.9 Å². The van der Waals surface area contributed by atoms with Gasteiger partial charge in [0.15, 0.2) is 5.57 Å². The van der Waals surface area contributed by atoms with E-state index in [0.29, 0.717) is 43.8 Å². The molecule has 0 N–H and O–H groups in total. The third kappa shape index (κ3) is 7.52. The highest BCUT2D eigenvalue weighted by Gasteiger charge is 2.35. The van der Waals surface area contributed by atoms with Gasteiger partial charge in [0.1, 0.15) is 17.6 Å².